The highest BCUT2D eigenvalue weighted by molar-refractivity contribution is 5.77. The maximum Gasteiger partial charge on any atom is 0.223 e. The van der Waals surface area contributed by atoms with Crippen LogP contribution in [0.1, 0.15) is 67.1 Å². The Morgan fingerprint density at radius 3 is 2.38 bits per heavy atom. The minimum absolute atomic E-state index is 0.267. The van der Waals surface area contributed by atoms with Crippen LogP contribution in [0.3, 0.4) is 0 Å². The van der Waals surface area contributed by atoms with Crippen LogP contribution in [-0.2, 0) is 24.8 Å². The molecule has 1 aliphatic carbocycles. The molecule has 1 saturated carbocycles. The van der Waals surface area contributed by atoms with Gasteiger partial charge in [0.05, 0.1) is 5.69 Å². The van der Waals surface area contributed by atoms with Crippen molar-refractivity contribution in [2.45, 2.75) is 71.9 Å². The molecule has 0 N–H and O–H groups in total. The summed E-state index contributed by atoms with van der Waals surface area (Å²) in [7, 11) is 1.96. The molecule has 0 aliphatic heterocycles. The monoisotopic (exact) mass is 353 g/mol. The second kappa shape index (κ2) is 7.65. The summed E-state index contributed by atoms with van der Waals surface area (Å²) in [5.41, 5.74) is 6.00. The van der Waals surface area contributed by atoms with Gasteiger partial charge in [-0.2, -0.15) is 5.10 Å². The van der Waals surface area contributed by atoms with E-state index in [1.807, 2.05) is 18.7 Å². The number of hydrogen-bond acceptors (Lipinski definition) is 2. The zero-order chi connectivity index (χ0) is 18.8. The highest BCUT2D eigenvalue weighted by Crippen LogP contribution is 2.30. The highest BCUT2D eigenvalue weighted by Gasteiger charge is 2.32. The van der Waals surface area contributed by atoms with Crippen LogP contribution in [0.2, 0.25) is 0 Å². The molecule has 0 unspecified atom stereocenters. The number of rotatable bonds is 7. The van der Waals surface area contributed by atoms with E-state index in [-0.39, 0.29) is 5.91 Å². The van der Waals surface area contributed by atoms with Gasteiger partial charge in [-0.05, 0) is 55.7 Å². The zero-order valence-corrected chi connectivity index (χ0v) is 16.7. The summed E-state index contributed by atoms with van der Waals surface area (Å²) in [6.45, 7) is 9.25. The third-order valence-corrected chi connectivity index (χ3v) is 5.56. The summed E-state index contributed by atoms with van der Waals surface area (Å²) in [5, 5.41) is 4.46. The van der Waals surface area contributed by atoms with Crippen LogP contribution in [0.15, 0.2) is 24.3 Å². The molecule has 140 valence electrons. The van der Waals surface area contributed by atoms with Crippen LogP contribution in [0, 0.1) is 13.8 Å². The lowest BCUT2D eigenvalue weighted by Gasteiger charge is -2.23. The molecule has 4 nitrogen and oxygen atoms in total. The van der Waals surface area contributed by atoms with Gasteiger partial charge in [0.15, 0.2) is 0 Å². The molecule has 1 aromatic carbocycles. The van der Waals surface area contributed by atoms with Gasteiger partial charge in [0.1, 0.15) is 0 Å². The number of benzene rings is 1. The molecule has 1 aliphatic rings. The molecule has 1 heterocycles. The van der Waals surface area contributed by atoms with E-state index in [1.54, 1.807) is 0 Å². The molecule has 0 spiro atoms. The van der Waals surface area contributed by atoms with Crippen molar-refractivity contribution in [3.05, 3.63) is 52.3 Å². The van der Waals surface area contributed by atoms with Gasteiger partial charge in [-0.25, -0.2) is 0 Å². The number of nitrogens with zero attached hydrogens (tertiary/aromatic N) is 3. The molecular weight excluding hydrogens is 322 g/mol. The van der Waals surface area contributed by atoms with E-state index in [4.69, 9.17) is 0 Å². The number of hydrogen-bond donors (Lipinski definition) is 0. The fourth-order valence-corrected chi connectivity index (χ4v) is 3.57. The fourth-order valence-electron chi connectivity index (χ4n) is 3.57. The Morgan fingerprint density at radius 1 is 1.23 bits per heavy atom. The van der Waals surface area contributed by atoms with Crippen molar-refractivity contribution in [2.24, 2.45) is 7.05 Å². The lowest BCUT2D eigenvalue weighted by atomic mass is 10.0. The molecule has 26 heavy (non-hydrogen) atoms. The first-order valence-electron chi connectivity index (χ1n) is 9.74. The quantitative estimate of drug-likeness (QED) is 0.745. The standard InChI is InChI=1S/C22H31N3O/c1-15(2)19-8-6-18(7-9-19)14-25(20-10-11-20)22(26)13-12-21-16(3)23-24(5)17(21)4/h6-9,15,20H,10-14H2,1-5H3. The van der Waals surface area contributed by atoms with Crippen molar-refractivity contribution in [1.29, 1.82) is 0 Å². The fraction of sp³-hybridized carbons (Fsp3) is 0.545. The molecule has 0 saturated heterocycles. The third kappa shape index (κ3) is 4.17. The summed E-state index contributed by atoms with van der Waals surface area (Å²) in [5.74, 6) is 0.805. The van der Waals surface area contributed by atoms with E-state index in [0.717, 1.165) is 37.2 Å². The van der Waals surface area contributed by atoms with E-state index in [2.05, 4.69) is 55.0 Å². The Hall–Kier alpha value is -2.10. The van der Waals surface area contributed by atoms with Crippen LogP contribution in [0.5, 0.6) is 0 Å². The number of amides is 1. The molecule has 1 fully saturated rings. The average molecular weight is 354 g/mol. The van der Waals surface area contributed by atoms with Crippen LogP contribution in [0.4, 0.5) is 0 Å². The molecule has 3 rings (SSSR count). The molecule has 0 radical (unpaired) electrons. The largest absolute Gasteiger partial charge is 0.335 e. The number of aromatic nitrogens is 2. The van der Waals surface area contributed by atoms with E-state index >= 15 is 0 Å². The van der Waals surface area contributed by atoms with Gasteiger partial charge < -0.3 is 4.90 Å². The highest BCUT2D eigenvalue weighted by atomic mass is 16.2. The first kappa shape index (κ1) is 18.7. The molecule has 4 heteroatoms. The van der Waals surface area contributed by atoms with Crippen molar-refractivity contribution in [3.8, 4) is 0 Å². The Balaban J connectivity index is 1.65. The number of carbonyl (C=O) groups excluding carboxylic acids is 1. The summed E-state index contributed by atoms with van der Waals surface area (Å²) < 4.78 is 1.91. The minimum atomic E-state index is 0.267. The van der Waals surface area contributed by atoms with E-state index < -0.39 is 0 Å². The Morgan fingerprint density at radius 2 is 1.88 bits per heavy atom. The lowest BCUT2D eigenvalue weighted by Crippen LogP contribution is -2.32. The number of aryl methyl sites for hydroxylation is 2. The van der Waals surface area contributed by atoms with Gasteiger partial charge in [0.25, 0.3) is 0 Å². The maximum absolute atomic E-state index is 12.9. The Bertz CT molecular complexity index is 769. The Kier molecular flexibility index (Phi) is 5.49. The van der Waals surface area contributed by atoms with Gasteiger partial charge in [-0.3, -0.25) is 9.48 Å². The van der Waals surface area contributed by atoms with Crippen molar-refractivity contribution in [3.63, 3.8) is 0 Å². The average Bonchev–Trinajstić information content (AvgIpc) is 3.40. The molecule has 2 aromatic rings. The molecular formula is C22H31N3O. The topological polar surface area (TPSA) is 38.1 Å². The minimum Gasteiger partial charge on any atom is -0.335 e. The van der Waals surface area contributed by atoms with Crippen LogP contribution < -0.4 is 0 Å². The summed E-state index contributed by atoms with van der Waals surface area (Å²) in [6.07, 6.45) is 3.62. The first-order chi connectivity index (χ1) is 12.4. The van der Waals surface area contributed by atoms with Crippen molar-refractivity contribution < 1.29 is 4.79 Å². The lowest BCUT2D eigenvalue weighted by molar-refractivity contribution is -0.132. The van der Waals surface area contributed by atoms with Crippen LogP contribution in [-0.4, -0.2) is 26.6 Å². The molecule has 0 atom stereocenters. The maximum atomic E-state index is 12.9. The van der Waals surface area contributed by atoms with E-state index in [1.165, 1.54) is 16.7 Å². The number of carbonyl (C=O) groups is 1. The van der Waals surface area contributed by atoms with Crippen molar-refractivity contribution in [2.75, 3.05) is 0 Å². The second-order valence-corrected chi connectivity index (χ2v) is 7.92. The van der Waals surface area contributed by atoms with Crippen molar-refractivity contribution in [1.82, 2.24) is 14.7 Å². The molecule has 1 aromatic heterocycles. The Labute approximate surface area is 157 Å². The van der Waals surface area contributed by atoms with E-state index in [0.29, 0.717) is 18.4 Å². The van der Waals surface area contributed by atoms with Gasteiger partial charge in [-0.15, -0.1) is 0 Å². The normalized spacial score (nSPS) is 14.1. The van der Waals surface area contributed by atoms with Crippen molar-refractivity contribution >= 4 is 5.91 Å². The zero-order valence-electron chi connectivity index (χ0n) is 16.7. The molecule has 1 amide bonds. The van der Waals surface area contributed by atoms with Gasteiger partial charge >= 0.3 is 0 Å². The van der Waals surface area contributed by atoms with Gasteiger partial charge in [0, 0.05) is 31.7 Å². The summed E-state index contributed by atoms with van der Waals surface area (Å²) in [4.78, 5) is 15.0. The first-order valence-corrected chi connectivity index (χ1v) is 9.74. The smallest absolute Gasteiger partial charge is 0.223 e. The summed E-state index contributed by atoms with van der Waals surface area (Å²) >= 11 is 0. The van der Waals surface area contributed by atoms with Crippen LogP contribution >= 0.6 is 0 Å². The third-order valence-electron chi connectivity index (χ3n) is 5.56. The van der Waals surface area contributed by atoms with E-state index in [9.17, 15) is 4.79 Å². The van der Waals surface area contributed by atoms with Gasteiger partial charge in [0.2, 0.25) is 5.91 Å². The molecule has 0 bridgehead atoms. The SMILES string of the molecule is Cc1nn(C)c(C)c1CCC(=O)N(Cc1ccc(C(C)C)cc1)C1CC1. The van der Waals surface area contributed by atoms with Gasteiger partial charge in [-0.1, -0.05) is 38.1 Å². The second-order valence-electron chi connectivity index (χ2n) is 7.92. The van der Waals surface area contributed by atoms with Crippen LogP contribution in [0.25, 0.3) is 0 Å². The predicted octanol–water partition coefficient (Wildman–Crippen LogP) is 4.28. The predicted molar refractivity (Wildman–Crippen MR) is 105 cm³/mol. The summed E-state index contributed by atoms with van der Waals surface area (Å²) in [6, 6.07) is 9.17.